The maximum Gasteiger partial charge on any atom is 0.263 e. The molecule has 1 saturated heterocycles. The number of hydrogen-bond acceptors (Lipinski definition) is 5. The van der Waals surface area contributed by atoms with Crippen LogP contribution in [0.15, 0.2) is 28.7 Å². The van der Waals surface area contributed by atoms with Crippen molar-refractivity contribution < 1.29 is 18.7 Å². The van der Waals surface area contributed by atoms with Gasteiger partial charge in [0, 0.05) is 37.1 Å². The van der Waals surface area contributed by atoms with Crippen molar-refractivity contribution in [2.75, 3.05) is 19.8 Å². The third-order valence-electron chi connectivity index (χ3n) is 5.08. The summed E-state index contributed by atoms with van der Waals surface area (Å²) in [6, 6.07) is 7.07. The Morgan fingerprint density at radius 1 is 1.37 bits per heavy atom. The molecule has 4 rings (SSSR count). The largest absolute Gasteiger partial charge is 0.481 e. The minimum atomic E-state index is -0.591. The molecule has 0 saturated carbocycles. The minimum Gasteiger partial charge on any atom is -0.481 e. The number of rotatable bonds is 4. The first-order valence-electron chi connectivity index (χ1n) is 9.37. The van der Waals surface area contributed by atoms with Crippen LogP contribution in [0.2, 0.25) is 5.02 Å². The minimum absolute atomic E-state index is 0.0590. The van der Waals surface area contributed by atoms with Crippen molar-refractivity contribution in [1.29, 1.82) is 0 Å². The number of halogens is 1. The number of amides is 1. The molecule has 2 aliphatic heterocycles. The number of carbonyl (C=O) groups excluding carboxylic acids is 1. The number of benzene rings is 1. The Morgan fingerprint density at radius 3 is 2.96 bits per heavy atom. The van der Waals surface area contributed by atoms with Gasteiger partial charge in [-0.3, -0.25) is 4.79 Å². The highest BCUT2D eigenvalue weighted by Gasteiger charge is 2.31. The molecule has 0 aliphatic carbocycles. The number of aromatic nitrogens is 1. The normalized spacial score (nSPS) is 18.8. The van der Waals surface area contributed by atoms with Gasteiger partial charge in [0.25, 0.3) is 5.91 Å². The number of hydrogen-bond donors (Lipinski definition) is 0. The van der Waals surface area contributed by atoms with Crippen LogP contribution in [0.3, 0.4) is 0 Å². The lowest BCUT2D eigenvalue weighted by atomic mass is 10.0. The van der Waals surface area contributed by atoms with Crippen LogP contribution in [0.5, 0.6) is 5.75 Å². The maximum absolute atomic E-state index is 12.8. The van der Waals surface area contributed by atoms with Gasteiger partial charge in [0.05, 0.1) is 6.54 Å². The number of ether oxygens (including phenoxy) is 2. The lowest BCUT2D eigenvalue weighted by molar-refractivity contribution is -0.139. The molecule has 1 amide bonds. The third-order valence-corrected chi connectivity index (χ3v) is 5.32. The van der Waals surface area contributed by atoms with E-state index in [1.54, 1.807) is 36.1 Å². The van der Waals surface area contributed by atoms with E-state index in [9.17, 15) is 4.79 Å². The Bertz CT molecular complexity index is 816. The van der Waals surface area contributed by atoms with Crippen LogP contribution >= 0.6 is 11.6 Å². The molecule has 1 aromatic heterocycles. The van der Waals surface area contributed by atoms with E-state index in [0.717, 1.165) is 43.4 Å². The molecular weight excluding hydrogens is 368 g/mol. The summed E-state index contributed by atoms with van der Waals surface area (Å²) >= 11 is 5.98. The Balaban J connectivity index is 1.41. The summed E-state index contributed by atoms with van der Waals surface area (Å²) < 4.78 is 17.2. The zero-order valence-electron chi connectivity index (χ0n) is 15.3. The molecule has 2 aromatic rings. The Morgan fingerprint density at radius 2 is 2.19 bits per heavy atom. The monoisotopic (exact) mass is 390 g/mol. The fourth-order valence-corrected chi connectivity index (χ4v) is 3.76. The van der Waals surface area contributed by atoms with Crippen molar-refractivity contribution in [1.82, 2.24) is 9.88 Å². The number of nitrogens with zero attached hydrogens (tertiary/aromatic N) is 2. The molecule has 1 aromatic carbocycles. The van der Waals surface area contributed by atoms with Gasteiger partial charge in [-0.25, -0.2) is 4.98 Å². The maximum atomic E-state index is 12.8. The van der Waals surface area contributed by atoms with Gasteiger partial charge in [-0.1, -0.05) is 17.7 Å². The summed E-state index contributed by atoms with van der Waals surface area (Å²) in [5.74, 6) is 2.55. The first-order valence-corrected chi connectivity index (χ1v) is 9.75. The average molecular weight is 391 g/mol. The zero-order valence-corrected chi connectivity index (χ0v) is 16.1. The van der Waals surface area contributed by atoms with Crippen LogP contribution in [-0.2, 0) is 22.5 Å². The van der Waals surface area contributed by atoms with E-state index in [0.29, 0.717) is 36.2 Å². The second kappa shape index (κ2) is 7.90. The van der Waals surface area contributed by atoms with Crippen LogP contribution < -0.4 is 4.74 Å². The van der Waals surface area contributed by atoms with Crippen molar-refractivity contribution in [2.45, 2.75) is 44.8 Å². The van der Waals surface area contributed by atoms with Gasteiger partial charge in [0.2, 0.25) is 0 Å². The quantitative estimate of drug-likeness (QED) is 0.798. The summed E-state index contributed by atoms with van der Waals surface area (Å²) in [5.41, 5.74) is 0.867. The van der Waals surface area contributed by atoms with Gasteiger partial charge in [0.1, 0.15) is 17.2 Å². The highest BCUT2D eigenvalue weighted by atomic mass is 35.5. The fraction of sp³-hybridized carbons (Fsp3) is 0.500. The van der Waals surface area contributed by atoms with Crippen molar-refractivity contribution in [3.05, 3.63) is 46.6 Å². The van der Waals surface area contributed by atoms with E-state index in [-0.39, 0.29) is 5.91 Å². The van der Waals surface area contributed by atoms with Crippen LogP contribution in [0, 0.1) is 0 Å². The molecule has 6 nitrogen and oxygen atoms in total. The van der Waals surface area contributed by atoms with Crippen LogP contribution in [-0.4, -0.2) is 41.7 Å². The topological polar surface area (TPSA) is 64.8 Å². The van der Waals surface area contributed by atoms with E-state index in [2.05, 4.69) is 4.98 Å². The Labute approximate surface area is 163 Å². The van der Waals surface area contributed by atoms with E-state index in [4.69, 9.17) is 25.5 Å². The second-order valence-corrected chi connectivity index (χ2v) is 7.47. The molecule has 0 spiro atoms. The number of oxazole rings is 1. The van der Waals surface area contributed by atoms with E-state index in [1.165, 1.54) is 0 Å². The predicted molar refractivity (Wildman–Crippen MR) is 100.0 cm³/mol. The predicted octanol–water partition coefficient (Wildman–Crippen LogP) is 3.57. The average Bonchev–Trinajstić information content (AvgIpc) is 3.11. The summed E-state index contributed by atoms with van der Waals surface area (Å²) in [7, 11) is 0. The van der Waals surface area contributed by atoms with Crippen LogP contribution in [0.4, 0.5) is 0 Å². The van der Waals surface area contributed by atoms with Gasteiger partial charge < -0.3 is 18.8 Å². The van der Waals surface area contributed by atoms with Crippen molar-refractivity contribution >= 4 is 17.5 Å². The summed E-state index contributed by atoms with van der Waals surface area (Å²) in [5, 5.41) is 0.581. The van der Waals surface area contributed by atoms with Crippen molar-refractivity contribution in [3.63, 3.8) is 0 Å². The summed E-state index contributed by atoms with van der Waals surface area (Å²) in [4.78, 5) is 19.3. The molecular formula is C20H23ClN2O4. The van der Waals surface area contributed by atoms with Crippen LogP contribution in [0.25, 0.3) is 0 Å². The zero-order chi connectivity index (χ0) is 18.8. The Hall–Kier alpha value is -2.05. The van der Waals surface area contributed by atoms with Gasteiger partial charge in [-0.2, -0.15) is 0 Å². The van der Waals surface area contributed by atoms with E-state index < -0.39 is 6.10 Å². The molecule has 1 atom stereocenters. The Kier molecular flexibility index (Phi) is 5.36. The van der Waals surface area contributed by atoms with Gasteiger partial charge >= 0.3 is 0 Å². The molecule has 0 bridgehead atoms. The van der Waals surface area contributed by atoms with Gasteiger partial charge in [0.15, 0.2) is 12.0 Å². The standard InChI is InChI=1S/C20H23ClN2O4/c1-13(26-16-4-2-3-15(21)11-16)20(24)23-8-5-18-17(12-23)22-19(27-18)14-6-9-25-10-7-14/h2-4,11,13-14H,5-10,12H2,1H3. The van der Waals surface area contributed by atoms with Crippen LogP contribution in [0.1, 0.15) is 43.0 Å². The second-order valence-electron chi connectivity index (χ2n) is 7.04. The van der Waals surface area contributed by atoms with E-state index >= 15 is 0 Å². The number of fused-ring (bicyclic) bond motifs is 1. The molecule has 1 fully saturated rings. The molecule has 0 N–H and O–H groups in total. The first kappa shape index (κ1) is 18.3. The SMILES string of the molecule is CC(Oc1cccc(Cl)c1)C(=O)N1CCc2oc(C3CCOCC3)nc2C1. The van der Waals surface area contributed by atoms with Crippen molar-refractivity contribution in [2.24, 2.45) is 0 Å². The van der Waals surface area contributed by atoms with Crippen molar-refractivity contribution in [3.8, 4) is 5.75 Å². The molecule has 7 heteroatoms. The smallest absolute Gasteiger partial charge is 0.263 e. The molecule has 2 aliphatic rings. The summed E-state index contributed by atoms with van der Waals surface area (Å²) in [6.45, 7) is 4.33. The molecule has 0 radical (unpaired) electrons. The third kappa shape index (κ3) is 4.12. The molecule has 3 heterocycles. The van der Waals surface area contributed by atoms with Gasteiger partial charge in [-0.05, 0) is 38.0 Å². The molecule has 144 valence electrons. The highest BCUT2D eigenvalue weighted by molar-refractivity contribution is 6.30. The van der Waals surface area contributed by atoms with E-state index in [1.807, 2.05) is 0 Å². The fourth-order valence-electron chi connectivity index (χ4n) is 3.58. The van der Waals surface area contributed by atoms with Gasteiger partial charge in [-0.15, -0.1) is 0 Å². The first-order chi connectivity index (χ1) is 13.1. The lowest BCUT2D eigenvalue weighted by Gasteiger charge is -2.28. The summed E-state index contributed by atoms with van der Waals surface area (Å²) in [6.07, 6.45) is 1.96. The lowest BCUT2D eigenvalue weighted by Crippen LogP contribution is -2.43. The number of carbonyl (C=O) groups is 1. The highest BCUT2D eigenvalue weighted by Crippen LogP contribution is 2.30. The molecule has 1 unspecified atom stereocenters. The molecule has 27 heavy (non-hydrogen) atoms.